The second kappa shape index (κ2) is 6.80. The molecule has 1 aromatic heterocycles. The highest BCUT2D eigenvalue weighted by Crippen LogP contribution is 2.17. The van der Waals surface area contributed by atoms with Crippen molar-refractivity contribution in [2.24, 2.45) is 11.8 Å². The molecule has 0 saturated carbocycles. The van der Waals surface area contributed by atoms with Gasteiger partial charge in [-0.2, -0.15) is 5.10 Å². The van der Waals surface area contributed by atoms with Crippen LogP contribution in [0.15, 0.2) is 6.33 Å². The Morgan fingerprint density at radius 3 is 2.89 bits per heavy atom. The summed E-state index contributed by atoms with van der Waals surface area (Å²) in [7, 11) is 0. The summed E-state index contributed by atoms with van der Waals surface area (Å²) in [5.74, 6) is 2.17. The Bertz CT molecular complexity index is 407. The lowest BCUT2D eigenvalue weighted by molar-refractivity contribution is -0.119. The zero-order valence-electron chi connectivity index (χ0n) is 11.9. The molecule has 1 aliphatic heterocycles. The van der Waals surface area contributed by atoms with Crippen LogP contribution in [0.4, 0.5) is 0 Å². The summed E-state index contributed by atoms with van der Waals surface area (Å²) in [5.41, 5.74) is 0. The fourth-order valence-electron chi connectivity index (χ4n) is 2.58. The number of rotatable bonds is 6. The van der Waals surface area contributed by atoms with Crippen molar-refractivity contribution in [1.82, 2.24) is 20.1 Å². The maximum atomic E-state index is 12.1. The summed E-state index contributed by atoms with van der Waals surface area (Å²) in [4.78, 5) is 16.3. The van der Waals surface area contributed by atoms with Gasteiger partial charge >= 0.3 is 0 Å². The van der Waals surface area contributed by atoms with E-state index in [4.69, 9.17) is 0 Å². The fourth-order valence-corrected chi connectivity index (χ4v) is 2.58. The Kier molecular flexibility index (Phi) is 5.07. The number of piperidine rings is 1. The number of aromatic nitrogens is 3. The zero-order chi connectivity index (χ0) is 13.7. The summed E-state index contributed by atoms with van der Waals surface area (Å²) >= 11 is 0. The molecule has 0 radical (unpaired) electrons. The Labute approximate surface area is 114 Å². The summed E-state index contributed by atoms with van der Waals surface area (Å²) < 4.78 is 1.87. The van der Waals surface area contributed by atoms with Crippen LogP contribution in [0, 0.1) is 11.8 Å². The number of nitrogens with zero attached hydrogens (tertiary/aromatic N) is 3. The second-order valence-electron chi connectivity index (χ2n) is 5.87. The van der Waals surface area contributed by atoms with Crippen LogP contribution in [0.1, 0.15) is 38.9 Å². The van der Waals surface area contributed by atoms with E-state index in [1.807, 2.05) is 4.68 Å². The van der Waals surface area contributed by atoms with E-state index in [2.05, 4.69) is 29.2 Å². The van der Waals surface area contributed by atoms with Crippen LogP contribution < -0.4 is 5.32 Å². The molecule has 1 aromatic rings. The first-order valence-electron chi connectivity index (χ1n) is 7.24. The van der Waals surface area contributed by atoms with Crippen molar-refractivity contribution >= 4 is 5.78 Å². The SMILES string of the molecule is CC(C)Cn1ncnc1CC(=O)CC1CCNCC1. The van der Waals surface area contributed by atoms with Crippen molar-refractivity contribution in [3.8, 4) is 0 Å². The maximum absolute atomic E-state index is 12.1. The molecule has 0 atom stereocenters. The number of nitrogens with one attached hydrogen (secondary N) is 1. The van der Waals surface area contributed by atoms with Gasteiger partial charge in [0.1, 0.15) is 17.9 Å². The lowest BCUT2D eigenvalue weighted by Gasteiger charge is -2.21. The normalized spacial score (nSPS) is 17.0. The molecule has 2 heterocycles. The van der Waals surface area contributed by atoms with Gasteiger partial charge in [0.05, 0.1) is 6.42 Å². The number of Topliss-reactive ketones (excluding diaryl/α,β-unsaturated/α-hetero) is 1. The van der Waals surface area contributed by atoms with Crippen LogP contribution >= 0.6 is 0 Å². The summed E-state index contributed by atoms with van der Waals surface area (Å²) in [6.45, 7) is 7.20. The summed E-state index contributed by atoms with van der Waals surface area (Å²) in [6.07, 6.45) is 4.90. The lowest BCUT2D eigenvalue weighted by atomic mass is 9.92. The molecule has 0 amide bonds. The molecule has 19 heavy (non-hydrogen) atoms. The van der Waals surface area contributed by atoms with E-state index >= 15 is 0 Å². The van der Waals surface area contributed by atoms with Gasteiger partial charge in [0, 0.05) is 13.0 Å². The zero-order valence-corrected chi connectivity index (χ0v) is 11.9. The smallest absolute Gasteiger partial charge is 0.140 e. The van der Waals surface area contributed by atoms with Crippen molar-refractivity contribution in [3.63, 3.8) is 0 Å². The van der Waals surface area contributed by atoms with Gasteiger partial charge in [0.2, 0.25) is 0 Å². The lowest BCUT2D eigenvalue weighted by Crippen LogP contribution is -2.29. The van der Waals surface area contributed by atoms with Crippen LogP contribution in [0.3, 0.4) is 0 Å². The monoisotopic (exact) mass is 264 g/mol. The third kappa shape index (κ3) is 4.42. The van der Waals surface area contributed by atoms with Crippen LogP contribution in [0.25, 0.3) is 0 Å². The van der Waals surface area contributed by atoms with Crippen LogP contribution in [0.2, 0.25) is 0 Å². The third-order valence-corrected chi connectivity index (χ3v) is 3.56. The minimum Gasteiger partial charge on any atom is -0.317 e. The number of hydrogen-bond acceptors (Lipinski definition) is 4. The average Bonchev–Trinajstić information content (AvgIpc) is 2.77. The van der Waals surface area contributed by atoms with Crippen molar-refractivity contribution in [3.05, 3.63) is 12.2 Å². The largest absolute Gasteiger partial charge is 0.317 e. The molecule has 0 spiro atoms. The van der Waals surface area contributed by atoms with E-state index < -0.39 is 0 Å². The van der Waals surface area contributed by atoms with Crippen molar-refractivity contribution in [1.29, 1.82) is 0 Å². The van der Waals surface area contributed by atoms with Gasteiger partial charge in [0.15, 0.2) is 0 Å². The Morgan fingerprint density at radius 2 is 2.21 bits per heavy atom. The van der Waals surface area contributed by atoms with E-state index in [0.29, 0.717) is 30.5 Å². The molecule has 0 aromatic carbocycles. The quantitative estimate of drug-likeness (QED) is 0.844. The van der Waals surface area contributed by atoms with Crippen LogP contribution in [-0.2, 0) is 17.8 Å². The molecule has 2 rings (SSSR count). The van der Waals surface area contributed by atoms with Gasteiger partial charge in [-0.15, -0.1) is 0 Å². The highest BCUT2D eigenvalue weighted by atomic mass is 16.1. The molecule has 1 fully saturated rings. The standard InChI is InChI=1S/C14H24N4O/c1-11(2)9-18-14(16-10-17-18)8-13(19)7-12-3-5-15-6-4-12/h10-12,15H,3-9H2,1-2H3. The van der Waals surface area contributed by atoms with Crippen molar-refractivity contribution < 1.29 is 4.79 Å². The first-order valence-corrected chi connectivity index (χ1v) is 7.24. The molecule has 0 unspecified atom stereocenters. The minimum atomic E-state index is 0.296. The maximum Gasteiger partial charge on any atom is 0.140 e. The Morgan fingerprint density at radius 1 is 1.47 bits per heavy atom. The molecule has 0 aliphatic carbocycles. The van der Waals surface area contributed by atoms with Crippen LogP contribution in [-0.4, -0.2) is 33.6 Å². The molecule has 106 valence electrons. The molecule has 1 N–H and O–H groups in total. The number of carbonyl (C=O) groups is 1. The van der Waals surface area contributed by atoms with Gasteiger partial charge in [-0.1, -0.05) is 13.8 Å². The highest BCUT2D eigenvalue weighted by Gasteiger charge is 2.18. The second-order valence-corrected chi connectivity index (χ2v) is 5.87. The van der Waals surface area contributed by atoms with Gasteiger partial charge in [-0.25, -0.2) is 9.67 Å². The van der Waals surface area contributed by atoms with Gasteiger partial charge in [0.25, 0.3) is 0 Å². The predicted molar refractivity (Wildman–Crippen MR) is 73.8 cm³/mol. The van der Waals surface area contributed by atoms with E-state index in [1.165, 1.54) is 0 Å². The number of hydrogen-bond donors (Lipinski definition) is 1. The Balaban J connectivity index is 1.86. The third-order valence-electron chi connectivity index (χ3n) is 3.56. The average molecular weight is 264 g/mol. The highest BCUT2D eigenvalue weighted by molar-refractivity contribution is 5.80. The minimum absolute atomic E-state index is 0.296. The van der Waals surface area contributed by atoms with E-state index in [-0.39, 0.29) is 0 Å². The van der Waals surface area contributed by atoms with Crippen LogP contribution in [0.5, 0.6) is 0 Å². The van der Waals surface area contributed by atoms with E-state index in [1.54, 1.807) is 6.33 Å². The topological polar surface area (TPSA) is 59.8 Å². The first kappa shape index (κ1) is 14.2. The van der Waals surface area contributed by atoms with E-state index in [0.717, 1.165) is 38.3 Å². The Hall–Kier alpha value is -1.23. The first-order chi connectivity index (χ1) is 9.15. The fraction of sp³-hybridized carbons (Fsp3) is 0.786. The molecule has 1 saturated heterocycles. The van der Waals surface area contributed by atoms with Crippen molar-refractivity contribution in [2.75, 3.05) is 13.1 Å². The predicted octanol–water partition coefficient (Wildman–Crippen LogP) is 1.44. The van der Waals surface area contributed by atoms with Gasteiger partial charge in [-0.3, -0.25) is 4.79 Å². The van der Waals surface area contributed by atoms with Crippen molar-refractivity contribution in [2.45, 2.75) is 46.1 Å². The molecule has 5 heteroatoms. The summed E-state index contributed by atoms with van der Waals surface area (Å²) in [5, 5.41) is 7.53. The van der Waals surface area contributed by atoms with E-state index in [9.17, 15) is 4.79 Å². The van der Waals surface area contributed by atoms with Gasteiger partial charge < -0.3 is 5.32 Å². The molecule has 1 aliphatic rings. The number of carbonyl (C=O) groups excluding carboxylic acids is 1. The number of ketones is 1. The molecule has 5 nitrogen and oxygen atoms in total. The molecule has 0 bridgehead atoms. The molecular formula is C14H24N4O. The summed E-state index contributed by atoms with van der Waals surface area (Å²) in [6, 6.07) is 0. The van der Waals surface area contributed by atoms with Gasteiger partial charge in [-0.05, 0) is 37.8 Å². The molecular weight excluding hydrogens is 240 g/mol.